The van der Waals surface area contributed by atoms with Crippen LogP contribution < -0.4 is 0 Å². The second-order valence-electron chi connectivity index (χ2n) is 4.21. The van der Waals surface area contributed by atoms with Crippen molar-refractivity contribution in [2.24, 2.45) is 5.92 Å². The van der Waals surface area contributed by atoms with Crippen LogP contribution in [-0.2, 0) is 6.42 Å². The van der Waals surface area contributed by atoms with Crippen molar-refractivity contribution in [2.45, 2.75) is 46.5 Å². The SMILES string of the molecule is CC[C@H](C)CCCc1ccnc(C)c1. The third-order valence-electron chi connectivity index (χ3n) is 2.82. The number of aromatic nitrogens is 1. The van der Waals surface area contributed by atoms with E-state index in [1.807, 2.05) is 6.20 Å². The first-order valence-electron chi connectivity index (χ1n) is 5.64. The lowest BCUT2D eigenvalue weighted by Crippen LogP contribution is -1.94. The fraction of sp³-hybridized carbons (Fsp3) is 0.615. The predicted molar refractivity (Wildman–Crippen MR) is 61.4 cm³/mol. The average Bonchev–Trinajstić information content (AvgIpc) is 2.17. The largest absolute Gasteiger partial charge is 0.262 e. The van der Waals surface area contributed by atoms with E-state index in [0.29, 0.717) is 0 Å². The van der Waals surface area contributed by atoms with Gasteiger partial charge >= 0.3 is 0 Å². The van der Waals surface area contributed by atoms with Gasteiger partial charge in [0.25, 0.3) is 0 Å². The van der Waals surface area contributed by atoms with Crippen molar-refractivity contribution in [3.8, 4) is 0 Å². The Kier molecular flexibility index (Phi) is 4.64. The molecule has 1 aromatic rings. The van der Waals surface area contributed by atoms with Gasteiger partial charge in [0.05, 0.1) is 0 Å². The minimum Gasteiger partial charge on any atom is -0.262 e. The molecule has 1 atom stereocenters. The number of pyridine rings is 1. The lowest BCUT2D eigenvalue weighted by atomic mass is 9.99. The van der Waals surface area contributed by atoms with E-state index in [9.17, 15) is 0 Å². The highest BCUT2D eigenvalue weighted by molar-refractivity contribution is 5.15. The molecule has 0 radical (unpaired) electrons. The van der Waals surface area contributed by atoms with Gasteiger partial charge in [-0.3, -0.25) is 4.98 Å². The zero-order valence-electron chi connectivity index (χ0n) is 9.59. The fourth-order valence-electron chi connectivity index (χ4n) is 1.62. The first-order valence-corrected chi connectivity index (χ1v) is 5.64. The van der Waals surface area contributed by atoms with Crippen LogP contribution in [-0.4, -0.2) is 4.98 Å². The summed E-state index contributed by atoms with van der Waals surface area (Å²) < 4.78 is 0. The molecule has 0 N–H and O–H groups in total. The number of hydrogen-bond acceptors (Lipinski definition) is 1. The lowest BCUT2D eigenvalue weighted by Gasteiger charge is -2.07. The van der Waals surface area contributed by atoms with Crippen LogP contribution in [0.25, 0.3) is 0 Å². The Morgan fingerprint density at radius 3 is 2.86 bits per heavy atom. The summed E-state index contributed by atoms with van der Waals surface area (Å²) in [5, 5.41) is 0. The van der Waals surface area contributed by atoms with Crippen molar-refractivity contribution in [3.05, 3.63) is 29.6 Å². The molecule has 1 nitrogen and oxygen atoms in total. The maximum Gasteiger partial charge on any atom is 0.0375 e. The topological polar surface area (TPSA) is 12.9 Å². The summed E-state index contributed by atoms with van der Waals surface area (Å²) >= 11 is 0. The Bertz CT molecular complexity index is 268. The zero-order valence-corrected chi connectivity index (χ0v) is 9.59. The van der Waals surface area contributed by atoms with Gasteiger partial charge in [-0.2, -0.15) is 0 Å². The van der Waals surface area contributed by atoms with Crippen molar-refractivity contribution in [2.75, 3.05) is 0 Å². The zero-order chi connectivity index (χ0) is 10.4. The number of nitrogens with zero attached hydrogens (tertiary/aromatic N) is 1. The molecule has 0 amide bonds. The van der Waals surface area contributed by atoms with Crippen LogP contribution in [0.15, 0.2) is 18.3 Å². The van der Waals surface area contributed by atoms with Gasteiger partial charge in [0, 0.05) is 11.9 Å². The van der Waals surface area contributed by atoms with Crippen LogP contribution in [0.3, 0.4) is 0 Å². The van der Waals surface area contributed by atoms with Gasteiger partial charge in [-0.05, 0) is 43.4 Å². The summed E-state index contributed by atoms with van der Waals surface area (Å²) in [6.07, 6.45) is 7.06. The molecule has 1 aromatic heterocycles. The van der Waals surface area contributed by atoms with E-state index in [1.54, 1.807) is 0 Å². The molecule has 0 saturated carbocycles. The van der Waals surface area contributed by atoms with Crippen molar-refractivity contribution in [3.63, 3.8) is 0 Å². The molecule has 0 spiro atoms. The molecule has 0 aliphatic heterocycles. The molecule has 1 rings (SSSR count). The Morgan fingerprint density at radius 2 is 2.21 bits per heavy atom. The van der Waals surface area contributed by atoms with Crippen molar-refractivity contribution in [1.29, 1.82) is 0 Å². The average molecular weight is 191 g/mol. The van der Waals surface area contributed by atoms with E-state index < -0.39 is 0 Å². The molecule has 0 bridgehead atoms. The monoisotopic (exact) mass is 191 g/mol. The highest BCUT2D eigenvalue weighted by Crippen LogP contribution is 2.12. The van der Waals surface area contributed by atoms with Gasteiger partial charge in [0.15, 0.2) is 0 Å². The Hall–Kier alpha value is -0.850. The van der Waals surface area contributed by atoms with E-state index in [4.69, 9.17) is 0 Å². The standard InChI is InChI=1S/C13H21N/c1-4-11(2)6-5-7-13-8-9-14-12(3)10-13/h8-11H,4-7H2,1-3H3/t11-/m0/s1. The van der Waals surface area contributed by atoms with Crippen molar-refractivity contribution in [1.82, 2.24) is 4.98 Å². The number of hydrogen-bond donors (Lipinski definition) is 0. The minimum absolute atomic E-state index is 0.873. The molecule has 0 aliphatic carbocycles. The van der Waals surface area contributed by atoms with Crippen LogP contribution in [0, 0.1) is 12.8 Å². The summed E-state index contributed by atoms with van der Waals surface area (Å²) in [7, 11) is 0. The molecule has 1 heterocycles. The number of rotatable bonds is 5. The van der Waals surface area contributed by atoms with Crippen LogP contribution in [0.5, 0.6) is 0 Å². The van der Waals surface area contributed by atoms with E-state index >= 15 is 0 Å². The Balaban J connectivity index is 2.31. The van der Waals surface area contributed by atoms with Crippen LogP contribution in [0.4, 0.5) is 0 Å². The van der Waals surface area contributed by atoms with E-state index in [2.05, 4.69) is 37.9 Å². The molecule has 0 fully saturated rings. The molecule has 14 heavy (non-hydrogen) atoms. The van der Waals surface area contributed by atoms with E-state index in [1.165, 1.54) is 31.2 Å². The van der Waals surface area contributed by atoms with Gasteiger partial charge in [-0.15, -0.1) is 0 Å². The maximum atomic E-state index is 4.20. The molecule has 0 aliphatic rings. The normalized spacial score (nSPS) is 12.8. The third-order valence-corrected chi connectivity index (χ3v) is 2.82. The molecule has 0 unspecified atom stereocenters. The van der Waals surface area contributed by atoms with E-state index in [-0.39, 0.29) is 0 Å². The van der Waals surface area contributed by atoms with Gasteiger partial charge in [0.2, 0.25) is 0 Å². The second-order valence-corrected chi connectivity index (χ2v) is 4.21. The first kappa shape index (κ1) is 11.2. The summed E-state index contributed by atoms with van der Waals surface area (Å²) in [5.74, 6) is 0.873. The van der Waals surface area contributed by atoms with Crippen LogP contribution >= 0.6 is 0 Å². The van der Waals surface area contributed by atoms with Crippen LogP contribution in [0.1, 0.15) is 44.4 Å². The molecular formula is C13H21N. The predicted octanol–water partition coefficient (Wildman–Crippen LogP) is 3.76. The van der Waals surface area contributed by atoms with E-state index in [0.717, 1.165) is 11.6 Å². The van der Waals surface area contributed by atoms with Crippen molar-refractivity contribution < 1.29 is 0 Å². The quantitative estimate of drug-likeness (QED) is 0.690. The highest BCUT2D eigenvalue weighted by atomic mass is 14.6. The fourth-order valence-corrected chi connectivity index (χ4v) is 1.62. The molecule has 1 heteroatoms. The lowest BCUT2D eigenvalue weighted by molar-refractivity contribution is 0.495. The number of aryl methyl sites for hydroxylation is 2. The summed E-state index contributed by atoms with van der Waals surface area (Å²) in [6.45, 7) is 6.65. The smallest absolute Gasteiger partial charge is 0.0375 e. The first-order chi connectivity index (χ1) is 6.72. The van der Waals surface area contributed by atoms with Gasteiger partial charge < -0.3 is 0 Å². The molecular weight excluding hydrogens is 170 g/mol. The summed E-state index contributed by atoms with van der Waals surface area (Å²) in [6, 6.07) is 4.32. The molecule has 0 saturated heterocycles. The minimum atomic E-state index is 0.873. The second kappa shape index (κ2) is 5.79. The van der Waals surface area contributed by atoms with Gasteiger partial charge in [-0.1, -0.05) is 26.7 Å². The summed E-state index contributed by atoms with van der Waals surface area (Å²) in [5.41, 5.74) is 2.56. The molecule has 78 valence electrons. The highest BCUT2D eigenvalue weighted by Gasteiger charge is 1.99. The van der Waals surface area contributed by atoms with Crippen LogP contribution in [0.2, 0.25) is 0 Å². The Morgan fingerprint density at radius 1 is 1.43 bits per heavy atom. The van der Waals surface area contributed by atoms with Gasteiger partial charge in [0.1, 0.15) is 0 Å². The maximum absolute atomic E-state index is 4.20. The third kappa shape index (κ3) is 3.91. The van der Waals surface area contributed by atoms with Crippen molar-refractivity contribution >= 4 is 0 Å². The molecule has 0 aromatic carbocycles. The van der Waals surface area contributed by atoms with Gasteiger partial charge in [-0.25, -0.2) is 0 Å². The Labute approximate surface area is 87.6 Å². The summed E-state index contributed by atoms with van der Waals surface area (Å²) in [4.78, 5) is 4.20.